The zero-order chi connectivity index (χ0) is 12.1. The quantitative estimate of drug-likeness (QED) is 0.496. The minimum Gasteiger partial charge on any atom is -0.399 e. The lowest BCUT2D eigenvalue weighted by atomic mass is 10.1. The normalized spacial score (nSPS) is 10.9. The summed E-state index contributed by atoms with van der Waals surface area (Å²) in [4.78, 5) is 1.29. The molecule has 2 aromatic rings. The lowest BCUT2D eigenvalue weighted by Gasteiger charge is -1.98. The Morgan fingerprint density at radius 3 is 1.76 bits per heavy atom. The number of thioether (sulfide) groups is 1. The first-order chi connectivity index (χ1) is 8.28. The molecule has 0 fully saturated rings. The molecule has 2 rings (SSSR count). The van der Waals surface area contributed by atoms with E-state index in [0.29, 0.717) is 0 Å². The van der Waals surface area contributed by atoms with Crippen LogP contribution in [0.5, 0.6) is 0 Å². The fourth-order valence-electron chi connectivity index (χ4n) is 1.51. The predicted molar refractivity (Wildman–Crippen MR) is 78.0 cm³/mol. The molecule has 0 radical (unpaired) electrons. The minimum atomic E-state index is 0.798. The van der Waals surface area contributed by atoms with Gasteiger partial charge in [-0.3, -0.25) is 0 Å². The van der Waals surface area contributed by atoms with E-state index in [1.165, 1.54) is 10.5 Å². The summed E-state index contributed by atoms with van der Waals surface area (Å²) in [5.41, 5.74) is 8.81. The van der Waals surface area contributed by atoms with E-state index in [-0.39, 0.29) is 0 Å². The summed E-state index contributed by atoms with van der Waals surface area (Å²) in [6.07, 6.45) is 6.28. The summed E-state index contributed by atoms with van der Waals surface area (Å²) in [5, 5.41) is 0. The number of anilines is 1. The smallest absolute Gasteiger partial charge is 0.0314 e. The summed E-state index contributed by atoms with van der Waals surface area (Å²) in [7, 11) is 0. The van der Waals surface area contributed by atoms with Crippen LogP contribution in [0.2, 0.25) is 0 Å². The van der Waals surface area contributed by atoms with E-state index in [1.807, 2.05) is 24.3 Å². The van der Waals surface area contributed by atoms with Gasteiger partial charge in [0, 0.05) is 10.6 Å². The van der Waals surface area contributed by atoms with Crippen molar-refractivity contribution in [3.63, 3.8) is 0 Å². The van der Waals surface area contributed by atoms with Crippen LogP contribution in [0.4, 0.5) is 5.69 Å². The molecule has 0 spiro atoms. The first-order valence-corrected chi connectivity index (χ1v) is 6.68. The van der Waals surface area contributed by atoms with Gasteiger partial charge in [-0.2, -0.15) is 0 Å². The van der Waals surface area contributed by atoms with E-state index in [1.54, 1.807) is 11.8 Å². The molecule has 17 heavy (non-hydrogen) atoms. The second-order valence-electron chi connectivity index (χ2n) is 3.77. The highest BCUT2D eigenvalue weighted by atomic mass is 32.2. The molecule has 0 heterocycles. The zero-order valence-electron chi connectivity index (χ0n) is 9.76. The summed E-state index contributed by atoms with van der Waals surface area (Å²) < 4.78 is 0. The Morgan fingerprint density at radius 2 is 1.29 bits per heavy atom. The molecular weight excluding hydrogens is 226 g/mol. The van der Waals surface area contributed by atoms with E-state index in [9.17, 15) is 0 Å². The van der Waals surface area contributed by atoms with E-state index in [2.05, 4.69) is 42.7 Å². The zero-order valence-corrected chi connectivity index (χ0v) is 10.6. The lowest BCUT2D eigenvalue weighted by molar-refractivity contribution is 1.45. The van der Waals surface area contributed by atoms with Crippen LogP contribution in [0.25, 0.3) is 12.2 Å². The maximum Gasteiger partial charge on any atom is 0.0314 e. The Bertz CT molecular complexity index is 497. The van der Waals surface area contributed by atoms with Crippen molar-refractivity contribution in [1.82, 2.24) is 0 Å². The van der Waals surface area contributed by atoms with Crippen LogP contribution >= 0.6 is 11.8 Å². The molecule has 86 valence electrons. The van der Waals surface area contributed by atoms with E-state index < -0.39 is 0 Å². The van der Waals surface area contributed by atoms with Gasteiger partial charge in [0.2, 0.25) is 0 Å². The van der Waals surface area contributed by atoms with Crippen LogP contribution in [0.15, 0.2) is 53.4 Å². The Hall–Kier alpha value is -1.67. The van der Waals surface area contributed by atoms with Gasteiger partial charge in [-0.05, 0) is 41.6 Å². The van der Waals surface area contributed by atoms with Gasteiger partial charge in [-0.25, -0.2) is 0 Å². The third-order valence-electron chi connectivity index (χ3n) is 2.52. The molecule has 0 amide bonds. The average Bonchev–Trinajstić information content (AvgIpc) is 2.39. The Kier molecular flexibility index (Phi) is 3.89. The third-order valence-corrected chi connectivity index (χ3v) is 3.26. The van der Waals surface area contributed by atoms with Gasteiger partial charge in [-0.1, -0.05) is 36.4 Å². The summed E-state index contributed by atoms with van der Waals surface area (Å²) in [6.45, 7) is 0. The molecule has 0 atom stereocenters. The molecule has 1 nitrogen and oxygen atoms in total. The van der Waals surface area contributed by atoms with Crippen molar-refractivity contribution in [2.75, 3.05) is 12.0 Å². The Morgan fingerprint density at radius 1 is 0.824 bits per heavy atom. The Labute approximate surface area is 106 Å². The highest BCUT2D eigenvalue weighted by molar-refractivity contribution is 7.98. The molecule has 0 bridgehead atoms. The van der Waals surface area contributed by atoms with Gasteiger partial charge >= 0.3 is 0 Å². The molecule has 0 aliphatic heterocycles. The molecule has 0 aliphatic rings. The van der Waals surface area contributed by atoms with E-state index in [4.69, 9.17) is 5.73 Å². The highest BCUT2D eigenvalue weighted by Crippen LogP contribution is 2.16. The van der Waals surface area contributed by atoms with Gasteiger partial charge in [0.05, 0.1) is 0 Å². The first kappa shape index (κ1) is 11.8. The van der Waals surface area contributed by atoms with Crippen molar-refractivity contribution in [2.45, 2.75) is 4.90 Å². The number of rotatable bonds is 3. The van der Waals surface area contributed by atoms with Crippen molar-refractivity contribution in [3.05, 3.63) is 59.7 Å². The van der Waals surface area contributed by atoms with Crippen LogP contribution < -0.4 is 5.73 Å². The number of hydrogen-bond donors (Lipinski definition) is 1. The van der Waals surface area contributed by atoms with Crippen LogP contribution in [-0.4, -0.2) is 6.26 Å². The van der Waals surface area contributed by atoms with Gasteiger partial charge in [0.1, 0.15) is 0 Å². The summed E-state index contributed by atoms with van der Waals surface area (Å²) in [6, 6.07) is 16.4. The molecule has 2 aromatic carbocycles. The van der Waals surface area contributed by atoms with Crippen LogP contribution in [0, 0.1) is 0 Å². The van der Waals surface area contributed by atoms with Crippen LogP contribution in [-0.2, 0) is 0 Å². The highest BCUT2D eigenvalue weighted by Gasteiger charge is 1.90. The molecule has 0 unspecified atom stereocenters. The minimum absolute atomic E-state index is 0.798. The largest absolute Gasteiger partial charge is 0.399 e. The van der Waals surface area contributed by atoms with Crippen molar-refractivity contribution in [1.29, 1.82) is 0 Å². The molecule has 0 aliphatic carbocycles. The van der Waals surface area contributed by atoms with Crippen LogP contribution in [0.1, 0.15) is 11.1 Å². The lowest BCUT2D eigenvalue weighted by Crippen LogP contribution is -1.82. The molecule has 2 N–H and O–H groups in total. The van der Waals surface area contributed by atoms with Crippen molar-refractivity contribution < 1.29 is 0 Å². The maximum absolute atomic E-state index is 5.64. The second kappa shape index (κ2) is 5.60. The van der Waals surface area contributed by atoms with Gasteiger partial charge in [0.15, 0.2) is 0 Å². The second-order valence-corrected chi connectivity index (χ2v) is 4.65. The monoisotopic (exact) mass is 241 g/mol. The first-order valence-electron chi connectivity index (χ1n) is 5.45. The Balaban J connectivity index is 2.11. The molecule has 0 aromatic heterocycles. The molecular formula is C15H15NS. The van der Waals surface area contributed by atoms with E-state index >= 15 is 0 Å². The van der Waals surface area contributed by atoms with E-state index in [0.717, 1.165) is 11.3 Å². The topological polar surface area (TPSA) is 26.0 Å². The van der Waals surface area contributed by atoms with Crippen molar-refractivity contribution >= 4 is 29.6 Å². The summed E-state index contributed by atoms with van der Waals surface area (Å²) >= 11 is 1.76. The van der Waals surface area contributed by atoms with Gasteiger partial charge < -0.3 is 5.73 Å². The fraction of sp³-hybridized carbons (Fsp3) is 0.0667. The number of nitrogens with two attached hydrogens (primary N) is 1. The molecule has 0 saturated carbocycles. The summed E-state index contributed by atoms with van der Waals surface area (Å²) in [5.74, 6) is 0. The molecule has 2 heteroatoms. The maximum atomic E-state index is 5.64. The van der Waals surface area contributed by atoms with Crippen molar-refractivity contribution in [2.24, 2.45) is 0 Å². The molecule has 0 saturated heterocycles. The van der Waals surface area contributed by atoms with Gasteiger partial charge in [-0.15, -0.1) is 11.8 Å². The van der Waals surface area contributed by atoms with Gasteiger partial charge in [0.25, 0.3) is 0 Å². The SMILES string of the molecule is CSc1ccc(/C=C/c2ccc(N)cc2)cc1. The number of benzene rings is 2. The van der Waals surface area contributed by atoms with Crippen LogP contribution in [0.3, 0.4) is 0 Å². The number of hydrogen-bond acceptors (Lipinski definition) is 2. The van der Waals surface area contributed by atoms with Crippen molar-refractivity contribution in [3.8, 4) is 0 Å². The predicted octanol–water partition coefficient (Wildman–Crippen LogP) is 4.16. The standard InChI is InChI=1S/C15H15NS/c1-17-15-10-6-13(7-11-15)3-2-12-4-8-14(16)9-5-12/h2-11H,16H2,1H3/b3-2+. The number of nitrogen functional groups attached to an aromatic ring is 1. The average molecular weight is 241 g/mol. The third kappa shape index (κ3) is 3.40. The fourth-order valence-corrected chi connectivity index (χ4v) is 1.92.